The lowest BCUT2D eigenvalue weighted by Gasteiger charge is -2.07. The summed E-state index contributed by atoms with van der Waals surface area (Å²) in [6.45, 7) is 3.85. The van der Waals surface area contributed by atoms with E-state index in [-0.39, 0.29) is 0 Å². The largest absolute Gasteiger partial charge is 0.354 e. The first-order valence-electron chi connectivity index (χ1n) is 4.56. The number of rotatable bonds is 1. The lowest BCUT2D eigenvalue weighted by molar-refractivity contribution is 0.959. The minimum Gasteiger partial charge on any atom is -0.354 e. The number of nitrogens with one attached hydrogen (secondary N) is 2. The molecule has 0 unspecified atom stereocenters. The van der Waals surface area contributed by atoms with E-state index in [1.54, 1.807) is 0 Å². The summed E-state index contributed by atoms with van der Waals surface area (Å²) in [5.74, 6) is 0.863. The summed E-state index contributed by atoms with van der Waals surface area (Å²) in [5.41, 5.74) is 2.28. The number of halogens is 1. The number of nitrogens with zero attached hydrogens (tertiary/aromatic N) is 1. The maximum atomic E-state index is 4.27. The molecule has 4 heteroatoms. The number of hydrogen-bond acceptors (Lipinski definition) is 3. The molecule has 1 aliphatic rings. The molecule has 0 bridgehead atoms. The molecule has 0 aliphatic carbocycles. The molecule has 0 atom stereocenters. The van der Waals surface area contributed by atoms with Crippen LogP contribution in [0.25, 0.3) is 0 Å². The highest BCUT2D eigenvalue weighted by Crippen LogP contribution is 2.18. The zero-order valence-corrected chi connectivity index (χ0v) is 9.56. The highest BCUT2D eigenvalue weighted by atomic mass is 79.9. The van der Waals surface area contributed by atoms with Crippen molar-refractivity contribution >= 4 is 27.6 Å². The predicted octanol–water partition coefficient (Wildman–Crippen LogP) is 2.13. The van der Waals surface area contributed by atoms with Crippen LogP contribution in [0.4, 0.5) is 5.69 Å². The first-order valence-corrected chi connectivity index (χ1v) is 5.36. The summed E-state index contributed by atoms with van der Waals surface area (Å²) in [6, 6.07) is 6.21. The Hall–Kier alpha value is -1.03. The van der Waals surface area contributed by atoms with Crippen molar-refractivity contribution in [3.05, 3.63) is 28.2 Å². The van der Waals surface area contributed by atoms with Gasteiger partial charge < -0.3 is 10.6 Å². The summed E-state index contributed by atoms with van der Waals surface area (Å²) in [7, 11) is 0. The Morgan fingerprint density at radius 2 is 2.29 bits per heavy atom. The molecule has 1 heterocycles. The lowest BCUT2D eigenvalue weighted by atomic mass is 10.2. The standard InChI is InChI=1S/C10H12BrN3/c1-7-4-8(11)6-9(5-7)14-10-12-2-3-13-10/h4-6H,2-3H2,1H3,(H2,12,13,14). The van der Waals surface area contributed by atoms with E-state index in [2.05, 4.69) is 50.6 Å². The minimum atomic E-state index is 0.856. The number of guanidine groups is 1. The van der Waals surface area contributed by atoms with Crippen molar-refractivity contribution in [1.82, 2.24) is 5.32 Å². The molecule has 2 rings (SSSR count). The van der Waals surface area contributed by atoms with Gasteiger partial charge in [0.15, 0.2) is 5.96 Å². The van der Waals surface area contributed by atoms with Crippen LogP contribution in [-0.2, 0) is 0 Å². The normalized spacial score (nSPS) is 14.9. The Morgan fingerprint density at radius 1 is 1.43 bits per heavy atom. The van der Waals surface area contributed by atoms with Gasteiger partial charge >= 0.3 is 0 Å². The van der Waals surface area contributed by atoms with Crippen LogP contribution in [0.15, 0.2) is 27.7 Å². The number of benzene rings is 1. The van der Waals surface area contributed by atoms with Crippen LogP contribution in [-0.4, -0.2) is 19.0 Å². The molecule has 2 N–H and O–H groups in total. The molecule has 0 radical (unpaired) electrons. The van der Waals surface area contributed by atoms with Gasteiger partial charge in [-0.25, -0.2) is 0 Å². The van der Waals surface area contributed by atoms with Gasteiger partial charge in [0.1, 0.15) is 0 Å². The average Bonchev–Trinajstić information content (AvgIpc) is 2.54. The van der Waals surface area contributed by atoms with Crippen LogP contribution in [0.1, 0.15) is 5.56 Å². The molecule has 3 nitrogen and oxygen atoms in total. The van der Waals surface area contributed by atoms with Crippen LogP contribution in [0, 0.1) is 6.92 Å². The van der Waals surface area contributed by atoms with E-state index in [1.807, 2.05) is 6.07 Å². The molecule has 0 saturated carbocycles. The zero-order chi connectivity index (χ0) is 9.97. The maximum absolute atomic E-state index is 4.27. The van der Waals surface area contributed by atoms with E-state index in [1.165, 1.54) is 5.56 Å². The topological polar surface area (TPSA) is 36.4 Å². The van der Waals surface area contributed by atoms with Crippen molar-refractivity contribution in [2.75, 3.05) is 18.4 Å². The highest BCUT2D eigenvalue weighted by Gasteiger charge is 2.05. The van der Waals surface area contributed by atoms with Crippen molar-refractivity contribution in [3.63, 3.8) is 0 Å². The number of hydrogen-bond donors (Lipinski definition) is 2. The molecule has 0 saturated heterocycles. The minimum absolute atomic E-state index is 0.856. The van der Waals surface area contributed by atoms with Crippen molar-refractivity contribution in [1.29, 1.82) is 0 Å². The second-order valence-corrected chi connectivity index (χ2v) is 4.22. The molecule has 14 heavy (non-hydrogen) atoms. The van der Waals surface area contributed by atoms with Gasteiger partial charge in [-0.1, -0.05) is 15.9 Å². The molecule has 74 valence electrons. The third-order valence-electron chi connectivity index (χ3n) is 1.98. The van der Waals surface area contributed by atoms with Gasteiger partial charge in [-0.2, -0.15) is 0 Å². The van der Waals surface area contributed by atoms with E-state index < -0.39 is 0 Å². The van der Waals surface area contributed by atoms with E-state index >= 15 is 0 Å². The SMILES string of the molecule is Cc1cc(Br)cc(NC2=NCCN2)c1. The van der Waals surface area contributed by atoms with Crippen LogP contribution < -0.4 is 10.6 Å². The van der Waals surface area contributed by atoms with Gasteiger partial charge in [-0.3, -0.25) is 4.99 Å². The summed E-state index contributed by atoms with van der Waals surface area (Å²) < 4.78 is 1.08. The van der Waals surface area contributed by atoms with Crippen LogP contribution in [0.3, 0.4) is 0 Å². The Balaban J connectivity index is 2.15. The second kappa shape index (κ2) is 4.00. The highest BCUT2D eigenvalue weighted by molar-refractivity contribution is 9.10. The monoisotopic (exact) mass is 253 g/mol. The summed E-state index contributed by atoms with van der Waals surface area (Å²) in [4.78, 5) is 4.27. The molecule has 1 aromatic carbocycles. The Morgan fingerprint density at radius 3 is 2.93 bits per heavy atom. The smallest absolute Gasteiger partial charge is 0.195 e. The predicted molar refractivity (Wildman–Crippen MR) is 62.8 cm³/mol. The quantitative estimate of drug-likeness (QED) is 0.805. The van der Waals surface area contributed by atoms with Gasteiger partial charge in [0, 0.05) is 16.7 Å². The van der Waals surface area contributed by atoms with Crippen molar-refractivity contribution in [2.45, 2.75) is 6.92 Å². The average molecular weight is 254 g/mol. The molecule has 0 fully saturated rings. The summed E-state index contributed by atoms with van der Waals surface area (Å²) in [5, 5.41) is 6.40. The number of anilines is 1. The Labute approximate surface area is 91.7 Å². The van der Waals surface area contributed by atoms with E-state index in [0.29, 0.717) is 0 Å². The molecule has 0 amide bonds. The molecule has 1 aromatic rings. The molecule has 0 spiro atoms. The van der Waals surface area contributed by atoms with Crippen LogP contribution in [0.5, 0.6) is 0 Å². The first kappa shape index (κ1) is 9.52. The Kier molecular flexibility index (Phi) is 2.72. The van der Waals surface area contributed by atoms with E-state index in [9.17, 15) is 0 Å². The molecule has 0 aromatic heterocycles. The third-order valence-corrected chi connectivity index (χ3v) is 2.44. The summed E-state index contributed by atoms with van der Waals surface area (Å²) >= 11 is 3.46. The van der Waals surface area contributed by atoms with Crippen molar-refractivity contribution in [2.24, 2.45) is 4.99 Å². The van der Waals surface area contributed by atoms with Crippen molar-refractivity contribution in [3.8, 4) is 0 Å². The Bertz CT molecular complexity index is 353. The van der Waals surface area contributed by atoms with Gasteiger partial charge in [0.05, 0.1) is 6.54 Å². The fourth-order valence-electron chi connectivity index (χ4n) is 1.43. The lowest BCUT2D eigenvalue weighted by Crippen LogP contribution is -2.26. The fourth-order valence-corrected chi connectivity index (χ4v) is 2.03. The van der Waals surface area contributed by atoms with E-state index in [4.69, 9.17) is 0 Å². The fraction of sp³-hybridized carbons (Fsp3) is 0.300. The second-order valence-electron chi connectivity index (χ2n) is 3.30. The number of aliphatic imine (C=N–C) groups is 1. The maximum Gasteiger partial charge on any atom is 0.195 e. The zero-order valence-electron chi connectivity index (χ0n) is 7.97. The molecular formula is C10H12BrN3. The summed E-state index contributed by atoms with van der Waals surface area (Å²) in [6.07, 6.45) is 0. The first-order chi connectivity index (χ1) is 6.74. The van der Waals surface area contributed by atoms with Crippen LogP contribution in [0.2, 0.25) is 0 Å². The molecular weight excluding hydrogens is 242 g/mol. The van der Waals surface area contributed by atoms with Crippen LogP contribution >= 0.6 is 15.9 Å². The van der Waals surface area contributed by atoms with Crippen molar-refractivity contribution < 1.29 is 0 Å². The molecule has 1 aliphatic heterocycles. The number of aryl methyl sites for hydroxylation is 1. The van der Waals surface area contributed by atoms with Gasteiger partial charge in [0.2, 0.25) is 0 Å². The van der Waals surface area contributed by atoms with Gasteiger partial charge in [-0.05, 0) is 30.7 Å². The van der Waals surface area contributed by atoms with Gasteiger partial charge in [-0.15, -0.1) is 0 Å². The van der Waals surface area contributed by atoms with E-state index in [0.717, 1.165) is 29.2 Å². The third kappa shape index (κ3) is 2.26. The van der Waals surface area contributed by atoms with Gasteiger partial charge in [0.25, 0.3) is 0 Å².